The zero-order chi connectivity index (χ0) is 14.4. The first-order valence-corrected chi connectivity index (χ1v) is 8.23. The van der Waals surface area contributed by atoms with Crippen molar-refractivity contribution in [3.8, 4) is 0 Å². The van der Waals surface area contributed by atoms with Gasteiger partial charge in [0.1, 0.15) is 0 Å². The minimum absolute atomic E-state index is 0.601. The zero-order valence-corrected chi connectivity index (χ0v) is 13.4. The maximum absolute atomic E-state index is 3.69. The highest BCUT2D eigenvalue weighted by Crippen LogP contribution is 2.24. The van der Waals surface area contributed by atoms with Crippen molar-refractivity contribution in [1.82, 2.24) is 5.32 Å². The normalized spacial score (nSPS) is 16.9. The van der Waals surface area contributed by atoms with Crippen molar-refractivity contribution in [3.63, 3.8) is 0 Å². The van der Waals surface area contributed by atoms with E-state index < -0.39 is 0 Å². The Labute approximate surface area is 124 Å². The molecule has 0 bridgehead atoms. The molecule has 1 aliphatic rings. The molecule has 1 unspecified atom stereocenters. The Morgan fingerprint density at radius 3 is 2.45 bits per heavy atom. The molecule has 1 heterocycles. The van der Waals surface area contributed by atoms with Gasteiger partial charge in [-0.3, -0.25) is 0 Å². The first-order valence-electron chi connectivity index (χ1n) is 8.23. The minimum Gasteiger partial charge on any atom is -0.371 e. The second-order valence-electron chi connectivity index (χ2n) is 6.58. The summed E-state index contributed by atoms with van der Waals surface area (Å²) in [4.78, 5) is 2.54. The maximum Gasteiger partial charge on any atom is 0.0411 e. The first-order chi connectivity index (χ1) is 9.66. The molecule has 1 aromatic carbocycles. The van der Waals surface area contributed by atoms with Gasteiger partial charge < -0.3 is 10.2 Å². The second-order valence-corrected chi connectivity index (χ2v) is 6.58. The van der Waals surface area contributed by atoms with Crippen LogP contribution in [0.2, 0.25) is 0 Å². The molecular weight excluding hydrogens is 244 g/mol. The van der Waals surface area contributed by atoms with Gasteiger partial charge in [0.15, 0.2) is 0 Å². The van der Waals surface area contributed by atoms with Crippen LogP contribution in [0.25, 0.3) is 0 Å². The summed E-state index contributed by atoms with van der Waals surface area (Å²) in [6, 6.07) is 9.48. The molecule has 1 fully saturated rings. The molecule has 2 heteroatoms. The van der Waals surface area contributed by atoms with E-state index >= 15 is 0 Å². The predicted octanol–water partition coefficient (Wildman–Crippen LogP) is 4.20. The molecule has 2 rings (SSSR count). The third-order valence-electron chi connectivity index (χ3n) is 4.26. The number of hydrogen-bond donors (Lipinski definition) is 1. The van der Waals surface area contributed by atoms with E-state index in [-0.39, 0.29) is 0 Å². The van der Waals surface area contributed by atoms with Crippen molar-refractivity contribution in [3.05, 3.63) is 29.8 Å². The van der Waals surface area contributed by atoms with Crippen LogP contribution in [0, 0.1) is 5.92 Å². The Hall–Kier alpha value is -1.02. The van der Waals surface area contributed by atoms with Crippen LogP contribution in [0.1, 0.15) is 52.0 Å². The van der Waals surface area contributed by atoms with Crippen molar-refractivity contribution in [2.75, 3.05) is 18.0 Å². The van der Waals surface area contributed by atoms with Crippen molar-refractivity contribution >= 4 is 5.69 Å². The molecule has 0 aliphatic carbocycles. The van der Waals surface area contributed by atoms with Crippen LogP contribution in [0.15, 0.2) is 24.3 Å². The molecular formula is C18H30N2. The van der Waals surface area contributed by atoms with Gasteiger partial charge in [-0.15, -0.1) is 0 Å². The van der Waals surface area contributed by atoms with Crippen molar-refractivity contribution in [1.29, 1.82) is 0 Å². The zero-order valence-electron chi connectivity index (χ0n) is 13.4. The maximum atomic E-state index is 3.69. The molecule has 20 heavy (non-hydrogen) atoms. The van der Waals surface area contributed by atoms with Crippen molar-refractivity contribution in [2.45, 2.75) is 59.0 Å². The van der Waals surface area contributed by atoms with E-state index in [0.717, 1.165) is 12.5 Å². The van der Waals surface area contributed by atoms with Crippen LogP contribution in [-0.4, -0.2) is 19.1 Å². The van der Waals surface area contributed by atoms with Crippen molar-refractivity contribution < 1.29 is 0 Å². The van der Waals surface area contributed by atoms with Gasteiger partial charge in [0.2, 0.25) is 0 Å². The molecule has 0 aromatic heterocycles. The standard InChI is InChI=1S/C18H30N2/c1-15(2)10-11-16(3)19-14-17-8-4-5-9-18(17)20-12-6-7-13-20/h4-5,8-9,15-16,19H,6-7,10-14H2,1-3H3. The average Bonchev–Trinajstić information content (AvgIpc) is 2.97. The summed E-state index contributed by atoms with van der Waals surface area (Å²) in [6.45, 7) is 10.3. The largest absolute Gasteiger partial charge is 0.371 e. The van der Waals surface area contributed by atoms with Crippen LogP contribution in [0.5, 0.6) is 0 Å². The van der Waals surface area contributed by atoms with Gasteiger partial charge in [-0.1, -0.05) is 32.0 Å². The SMILES string of the molecule is CC(C)CCC(C)NCc1ccccc1N1CCCC1. The van der Waals surface area contributed by atoms with E-state index in [2.05, 4.69) is 55.3 Å². The van der Waals surface area contributed by atoms with Gasteiger partial charge in [0, 0.05) is 31.4 Å². The molecule has 0 radical (unpaired) electrons. The Bertz CT molecular complexity index is 394. The van der Waals surface area contributed by atoms with Crippen LogP contribution in [0.4, 0.5) is 5.69 Å². The topological polar surface area (TPSA) is 15.3 Å². The number of nitrogens with zero attached hydrogens (tertiary/aromatic N) is 1. The lowest BCUT2D eigenvalue weighted by Crippen LogP contribution is -2.27. The number of benzene rings is 1. The van der Waals surface area contributed by atoms with E-state index in [1.165, 1.54) is 50.0 Å². The van der Waals surface area contributed by atoms with E-state index in [1.807, 2.05) is 0 Å². The molecule has 0 saturated carbocycles. The average molecular weight is 274 g/mol. The summed E-state index contributed by atoms with van der Waals surface area (Å²) < 4.78 is 0. The number of anilines is 1. The Kier molecular flexibility index (Phi) is 5.90. The molecule has 1 saturated heterocycles. The minimum atomic E-state index is 0.601. The lowest BCUT2D eigenvalue weighted by molar-refractivity contribution is 0.451. The predicted molar refractivity (Wildman–Crippen MR) is 88.3 cm³/mol. The molecule has 1 aromatic rings. The lowest BCUT2D eigenvalue weighted by atomic mass is 10.0. The first kappa shape index (κ1) is 15.4. The van der Waals surface area contributed by atoms with Gasteiger partial charge in [-0.2, -0.15) is 0 Å². The Balaban J connectivity index is 1.89. The second kappa shape index (κ2) is 7.68. The molecule has 1 aliphatic heterocycles. The fraction of sp³-hybridized carbons (Fsp3) is 0.667. The highest BCUT2D eigenvalue weighted by Gasteiger charge is 2.15. The number of nitrogens with one attached hydrogen (secondary N) is 1. The smallest absolute Gasteiger partial charge is 0.0411 e. The van der Waals surface area contributed by atoms with Gasteiger partial charge >= 0.3 is 0 Å². The molecule has 0 amide bonds. The summed E-state index contributed by atoms with van der Waals surface area (Å²) >= 11 is 0. The molecule has 1 N–H and O–H groups in total. The quantitative estimate of drug-likeness (QED) is 0.801. The van der Waals surface area contributed by atoms with Gasteiger partial charge in [-0.05, 0) is 50.2 Å². The monoisotopic (exact) mass is 274 g/mol. The van der Waals surface area contributed by atoms with E-state index in [1.54, 1.807) is 0 Å². The van der Waals surface area contributed by atoms with Crippen molar-refractivity contribution in [2.24, 2.45) is 5.92 Å². The van der Waals surface area contributed by atoms with Crippen LogP contribution >= 0.6 is 0 Å². The molecule has 2 nitrogen and oxygen atoms in total. The number of hydrogen-bond acceptors (Lipinski definition) is 2. The van der Waals surface area contributed by atoms with Gasteiger partial charge in [0.25, 0.3) is 0 Å². The molecule has 0 spiro atoms. The highest BCUT2D eigenvalue weighted by atomic mass is 15.1. The fourth-order valence-electron chi connectivity index (χ4n) is 2.90. The number of para-hydroxylation sites is 1. The van der Waals surface area contributed by atoms with Crippen LogP contribution in [-0.2, 0) is 6.54 Å². The van der Waals surface area contributed by atoms with E-state index in [0.29, 0.717) is 6.04 Å². The summed E-state index contributed by atoms with van der Waals surface area (Å²) in [7, 11) is 0. The summed E-state index contributed by atoms with van der Waals surface area (Å²) in [5.74, 6) is 0.802. The number of rotatable bonds is 7. The lowest BCUT2D eigenvalue weighted by Gasteiger charge is -2.23. The van der Waals surface area contributed by atoms with E-state index in [4.69, 9.17) is 0 Å². The van der Waals surface area contributed by atoms with Crippen LogP contribution < -0.4 is 10.2 Å². The summed E-state index contributed by atoms with van der Waals surface area (Å²) in [6.07, 6.45) is 5.25. The third-order valence-corrected chi connectivity index (χ3v) is 4.26. The summed E-state index contributed by atoms with van der Waals surface area (Å²) in [5.41, 5.74) is 2.89. The third kappa shape index (κ3) is 4.52. The van der Waals surface area contributed by atoms with Gasteiger partial charge in [0.05, 0.1) is 0 Å². The van der Waals surface area contributed by atoms with Gasteiger partial charge in [-0.25, -0.2) is 0 Å². The Morgan fingerprint density at radius 2 is 1.75 bits per heavy atom. The highest BCUT2D eigenvalue weighted by molar-refractivity contribution is 5.54. The Morgan fingerprint density at radius 1 is 1.05 bits per heavy atom. The van der Waals surface area contributed by atoms with Crippen LogP contribution in [0.3, 0.4) is 0 Å². The fourth-order valence-corrected chi connectivity index (χ4v) is 2.90. The van der Waals surface area contributed by atoms with E-state index in [9.17, 15) is 0 Å². The summed E-state index contributed by atoms with van der Waals surface area (Å²) in [5, 5.41) is 3.69. The molecule has 1 atom stereocenters. The molecule has 112 valence electrons.